The van der Waals surface area contributed by atoms with Crippen molar-refractivity contribution in [1.82, 2.24) is 0 Å². The third kappa shape index (κ3) is 8.98. The highest BCUT2D eigenvalue weighted by molar-refractivity contribution is 6.26. The molecule has 0 N–H and O–H groups in total. The Hall–Kier alpha value is -4.05. The number of carbonyl (C=O) groups is 2. The van der Waals surface area contributed by atoms with Crippen molar-refractivity contribution in [2.75, 3.05) is 0 Å². The highest BCUT2D eigenvalue weighted by Crippen LogP contribution is 2.30. The molecule has 0 aliphatic rings. The molecule has 2 atom stereocenters. The molecule has 0 spiro atoms. The van der Waals surface area contributed by atoms with Gasteiger partial charge in [0.2, 0.25) is 0 Å². The SMILES string of the molecule is CCCC(C(=O)[O][Al][O]C(=O)C(CCC)c1cccc(Oc2ccccc2)c1)c1cccc(Oc2ccccc2)c1. The third-order valence-electron chi connectivity index (χ3n) is 6.53. The van der Waals surface area contributed by atoms with E-state index in [-0.39, 0.29) is 0 Å². The van der Waals surface area contributed by atoms with E-state index < -0.39 is 39.7 Å². The lowest BCUT2D eigenvalue weighted by Gasteiger charge is -2.19. The van der Waals surface area contributed by atoms with E-state index in [0.717, 1.165) is 35.5 Å². The molecule has 0 saturated carbocycles. The Balaban J connectivity index is 1.37. The maximum absolute atomic E-state index is 13.1. The Kier molecular flexibility index (Phi) is 11.4. The molecule has 41 heavy (non-hydrogen) atoms. The van der Waals surface area contributed by atoms with E-state index in [1.807, 2.05) is 123 Å². The molecular weight excluding hydrogens is 531 g/mol. The number of benzene rings is 4. The van der Waals surface area contributed by atoms with Crippen LogP contribution in [0.5, 0.6) is 23.0 Å². The number of hydrogen-bond acceptors (Lipinski definition) is 6. The van der Waals surface area contributed by atoms with Gasteiger partial charge >= 0.3 is 15.9 Å². The zero-order valence-corrected chi connectivity index (χ0v) is 24.6. The summed E-state index contributed by atoms with van der Waals surface area (Å²) in [4.78, 5) is 26.2. The minimum absolute atomic E-state index is 0.406. The quantitative estimate of drug-likeness (QED) is 0.143. The first kappa shape index (κ1) is 29.9. The molecule has 0 amide bonds. The zero-order valence-electron chi connectivity index (χ0n) is 23.4. The fraction of sp³-hybridized carbons (Fsp3) is 0.235. The average Bonchev–Trinajstić information content (AvgIpc) is 3.00. The van der Waals surface area contributed by atoms with Gasteiger partial charge in [0.15, 0.2) is 0 Å². The molecule has 209 valence electrons. The molecule has 0 aliphatic heterocycles. The fourth-order valence-electron chi connectivity index (χ4n) is 4.54. The first-order chi connectivity index (χ1) is 20.1. The summed E-state index contributed by atoms with van der Waals surface area (Å²) in [6.07, 6.45) is 2.79. The van der Waals surface area contributed by atoms with Gasteiger partial charge in [-0.15, -0.1) is 0 Å². The second kappa shape index (κ2) is 15.7. The van der Waals surface area contributed by atoms with E-state index in [9.17, 15) is 9.59 Å². The monoisotopic (exact) mass is 565 g/mol. The summed E-state index contributed by atoms with van der Waals surface area (Å²) in [7, 11) is 0. The molecule has 2 unspecified atom stereocenters. The predicted octanol–water partition coefficient (Wildman–Crippen LogP) is 8.36. The Morgan fingerprint density at radius 1 is 0.561 bits per heavy atom. The van der Waals surface area contributed by atoms with Crippen molar-refractivity contribution in [3.8, 4) is 23.0 Å². The van der Waals surface area contributed by atoms with Crippen LogP contribution in [0.25, 0.3) is 0 Å². The molecule has 0 bridgehead atoms. The van der Waals surface area contributed by atoms with E-state index in [0.29, 0.717) is 24.3 Å². The van der Waals surface area contributed by atoms with Crippen LogP contribution >= 0.6 is 0 Å². The van der Waals surface area contributed by atoms with Gasteiger partial charge in [-0.3, -0.25) is 9.59 Å². The Labute approximate surface area is 248 Å². The molecule has 7 heteroatoms. The van der Waals surface area contributed by atoms with Crippen LogP contribution in [0.15, 0.2) is 109 Å². The Morgan fingerprint density at radius 3 is 1.34 bits per heavy atom. The van der Waals surface area contributed by atoms with Gasteiger partial charge in [0.1, 0.15) is 23.0 Å². The summed E-state index contributed by atoms with van der Waals surface area (Å²) in [6.45, 7) is 4.03. The van der Waals surface area contributed by atoms with Crippen molar-refractivity contribution < 1.29 is 26.6 Å². The molecule has 0 heterocycles. The number of para-hydroxylation sites is 2. The Morgan fingerprint density at radius 2 is 0.951 bits per heavy atom. The topological polar surface area (TPSA) is 71.1 Å². The summed E-state index contributed by atoms with van der Waals surface area (Å²) < 4.78 is 23.0. The highest BCUT2D eigenvalue weighted by atomic mass is 27.2. The Bertz CT molecular complexity index is 1290. The lowest BCUT2D eigenvalue weighted by Crippen LogP contribution is -2.24. The molecule has 1 radical (unpaired) electrons. The van der Waals surface area contributed by atoms with E-state index >= 15 is 0 Å². The summed E-state index contributed by atoms with van der Waals surface area (Å²) in [5.74, 6) is 0.939. The molecule has 4 aromatic carbocycles. The van der Waals surface area contributed by atoms with Gasteiger partial charge in [0, 0.05) is 0 Å². The van der Waals surface area contributed by atoms with Gasteiger partial charge in [-0.25, -0.2) is 0 Å². The van der Waals surface area contributed by atoms with Crippen molar-refractivity contribution in [1.29, 1.82) is 0 Å². The van der Waals surface area contributed by atoms with Crippen molar-refractivity contribution in [3.63, 3.8) is 0 Å². The number of ether oxygens (including phenoxy) is 2. The lowest BCUT2D eigenvalue weighted by atomic mass is 9.94. The minimum atomic E-state index is -1.31. The summed E-state index contributed by atoms with van der Waals surface area (Å²) >= 11 is -1.31. The van der Waals surface area contributed by atoms with E-state index in [2.05, 4.69) is 0 Å². The van der Waals surface area contributed by atoms with Crippen LogP contribution in [0.1, 0.15) is 62.5 Å². The van der Waals surface area contributed by atoms with E-state index in [4.69, 9.17) is 17.1 Å². The van der Waals surface area contributed by atoms with Gasteiger partial charge < -0.3 is 17.1 Å². The summed E-state index contributed by atoms with van der Waals surface area (Å²) in [6, 6.07) is 33.9. The highest BCUT2D eigenvalue weighted by Gasteiger charge is 2.27. The predicted molar refractivity (Wildman–Crippen MR) is 159 cm³/mol. The van der Waals surface area contributed by atoms with Crippen LogP contribution in [0, 0.1) is 0 Å². The molecular formula is C34H34AlO6. The first-order valence-corrected chi connectivity index (χ1v) is 14.9. The van der Waals surface area contributed by atoms with Crippen LogP contribution < -0.4 is 9.47 Å². The lowest BCUT2D eigenvalue weighted by molar-refractivity contribution is -0.141. The zero-order chi connectivity index (χ0) is 28.9. The summed E-state index contributed by atoms with van der Waals surface area (Å²) in [5.41, 5.74) is 1.60. The third-order valence-corrected chi connectivity index (χ3v) is 7.19. The van der Waals surface area contributed by atoms with Gasteiger partial charge in [0.25, 0.3) is 11.9 Å². The molecule has 0 aliphatic carbocycles. The molecule has 4 aromatic rings. The van der Waals surface area contributed by atoms with Crippen LogP contribution in [0.4, 0.5) is 0 Å². The summed E-state index contributed by atoms with van der Waals surface area (Å²) in [5, 5.41) is 0. The van der Waals surface area contributed by atoms with Crippen molar-refractivity contribution in [2.24, 2.45) is 0 Å². The van der Waals surface area contributed by atoms with E-state index in [1.165, 1.54) is 0 Å². The minimum Gasteiger partial charge on any atom is -0.589 e. The van der Waals surface area contributed by atoms with Crippen LogP contribution in [-0.2, 0) is 17.2 Å². The fourth-order valence-corrected chi connectivity index (χ4v) is 5.11. The van der Waals surface area contributed by atoms with Crippen LogP contribution in [-0.4, -0.2) is 27.8 Å². The molecule has 6 nitrogen and oxygen atoms in total. The number of carbonyl (C=O) groups excluding carboxylic acids is 2. The standard InChI is InChI=1S/2C17H18O3.Al/c2*1-2-7-16(17(18)19)13-8-6-11-15(12-13)20-14-9-4-3-5-10-14;/h2*3-6,8-12,16H,2,7H2,1H3,(H,18,19);/q;;+2/p-2. The van der Waals surface area contributed by atoms with E-state index in [1.54, 1.807) is 0 Å². The second-order valence-corrected chi connectivity index (χ2v) is 10.3. The van der Waals surface area contributed by atoms with Gasteiger partial charge in [-0.05, 0) is 72.5 Å². The second-order valence-electron chi connectivity index (χ2n) is 9.63. The van der Waals surface area contributed by atoms with Gasteiger partial charge in [-0.2, -0.15) is 0 Å². The van der Waals surface area contributed by atoms with Crippen molar-refractivity contribution >= 4 is 27.8 Å². The number of rotatable bonds is 14. The molecule has 0 saturated heterocycles. The molecule has 4 rings (SSSR count). The molecule has 0 fully saturated rings. The number of hydrogen-bond donors (Lipinski definition) is 0. The largest absolute Gasteiger partial charge is 0.885 e. The van der Waals surface area contributed by atoms with Crippen molar-refractivity contribution in [2.45, 2.75) is 51.4 Å². The maximum Gasteiger partial charge on any atom is 0.885 e. The first-order valence-electron chi connectivity index (χ1n) is 14.0. The normalized spacial score (nSPS) is 12.0. The molecule has 0 aromatic heterocycles. The van der Waals surface area contributed by atoms with Gasteiger partial charge in [-0.1, -0.05) is 87.4 Å². The maximum atomic E-state index is 13.1. The van der Waals surface area contributed by atoms with Crippen molar-refractivity contribution in [3.05, 3.63) is 120 Å². The smallest absolute Gasteiger partial charge is 0.589 e. The van der Waals surface area contributed by atoms with Crippen LogP contribution in [0.2, 0.25) is 0 Å². The van der Waals surface area contributed by atoms with Gasteiger partial charge in [0.05, 0.1) is 11.8 Å². The van der Waals surface area contributed by atoms with Crippen LogP contribution in [0.3, 0.4) is 0 Å². The average molecular weight is 566 g/mol.